The molecule has 1 amide bonds. The van der Waals surface area contributed by atoms with E-state index in [0.29, 0.717) is 5.75 Å². The van der Waals surface area contributed by atoms with E-state index < -0.39 is 5.97 Å². The molecule has 2 aromatic carbocycles. The van der Waals surface area contributed by atoms with E-state index in [-0.39, 0.29) is 19.1 Å². The van der Waals surface area contributed by atoms with Crippen LogP contribution in [0.15, 0.2) is 48.5 Å². The van der Waals surface area contributed by atoms with Crippen molar-refractivity contribution in [3.05, 3.63) is 57.7 Å². The number of halogens is 1. The molecule has 0 aliphatic carbocycles. The number of esters is 1. The van der Waals surface area contributed by atoms with Crippen molar-refractivity contribution in [1.29, 1.82) is 0 Å². The second-order valence-electron chi connectivity index (χ2n) is 4.96. The van der Waals surface area contributed by atoms with Crippen LogP contribution in [0.5, 0.6) is 5.75 Å². The molecule has 0 spiro atoms. The molecule has 0 aliphatic heterocycles. The van der Waals surface area contributed by atoms with Crippen LogP contribution in [0.1, 0.15) is 12.5 Å². The van der Waals surface area contributed by atoms with Crippen molar-refractivity contribution >= 4 is 40.2 Å². The Kier molecular flexibility index (Phi) is 7.05. The number of ether oxygens (including phenoxy) is 2. The van der Waals surface area contributed by atoms with E-state index in [9.17, 15) is 9.59 Å². The Morgan fingerprint density at radius 2 is 1.75 bits per heavy atom. The number of nitrogens with one attached hydrogen (secondary N) is 1. The molecule has 0 heterocycles. The molecular formula is C18H18INO4. The molecule has 126 valence electrons. The van der Waals surface area contributed by atoms with Gasteiger partial charge in [0.25, 0.3) is 5.91 Å². The maximum Gasteiger partial charge on any atom is 0.344 e. The average molecular weight is 439 g/mol. The van der Waals surface area contributed by atoms with Gasteiger partial charge in [0.2, 0.25) is 0 Å². The summed E-state index contributed by atoms with van der Waals surface area (Å²) in [6, 6.07) is 14.8. The maximum absolute atomic E-state index is 11.9. The third-order valence-corrected chi connectivity index (χ3v) is 3.93. The Balaban J connectivity index is 1.74. The second kappa shape index (κ2) is 9.27. The highest BCUT2D eigenvalue weighted by atomic mass is 127. The first kappa shape index (κ1) is 18.3. The highest BCUT2D eigenvalue weighted by molar-refractivity contribution is 14.1. The average Bonchev–Trinajstić information content (AvgIpc) is 2.60. The van der Waals surface area contributed by atoms with Gasteiger partial charge in [0.15, 0.2) is 13.2 Å². The SMILES string of the molecule is CCc1ccccc1NC(=O)COC(=O)COc1ccc(I)cc1. The maximum atomic E-state index is 11.9. The lowest BCUT2D eigenvalue weighted by Gasteiger charge is -2.10. The Hall–Kier alpha value is -2.09. The molecule has 0 atom stereocenters. The molecule has 5 nitrogen and oxygen atoms in total. The first-order valence-electron chi connectivity index (χ1n) is 7.50. The number of para-hydroxylation sites is 1. The fraction of sp³-hybridized carbons (Fsp3) is 0.222. The number of benzene rings is 2. The van der Waals surface area contributed by atoms with Crippen LogP contribution >= 0.6 is 22.6 Å². The van der Waals surface area contributed by atoms with Gasteiger partial charge in [-0.05, 0) is 64.9 Å². The van der Waals surface area contributed by atoms with Gasteiger partial charge in [-0.2, -0.15) is 0 Å². The zero-order chi connectivity index (χ0) is 17.4. The van der Waals surface area contributed by atoms with Crippen LogP contribution in [0, 0.1) is 3.57 Å². The zero-order valence-corrected chi connectivity index (χ0v) is 15.4. The van der Waals surface area contributed by atoms with Gasteiger partial charge in [-0.25, -0.2) is 4.79 Å². The number of hydrogen-bond donors (Lipinski definition) is 1. The predicted octanol–water partition coefficient (Wildman–Crippen LogP) is 3.41. The molecule has 2 aromatic rings. The van der Waals surface area contributed by atoms with Gasteiger partial charge in [0.05, 0.1) is 0 Å². The zero-order valence-electron chi connectivity index (χ0n) is 13.3. The van der Waals surface area contributed by atoms with Gasteiger partial charge in [-0.3, -0.25) is 4.79 Å². The van der Waals surface area contributed by atoms with E-state index in [1.165, 1.54) is 0 Å². The highest BCUT2D eigenvalue weighted by Gasteiger charge is 2.10. The van der Waals surface area contributed by atoms with E-state index in [4.69, 9.17) is 9.47 Å². The van der Waals surface area contributed by atoms with E-state index in [2.05, 4.69) is 27.9 Å². The lowest BCUT2D eigenvalue weighted by Crippen LogP contribution is -2.24. The van der Waals surface area contributed by atoms with Gasteiger partial charge in [-0.1, -0.05) is 25.1 Å². The van der Waals surface area contributed by atoms with Crippen molar-refractivity contribution < 1.29 is 19.1 Å². The Morgan fingerprint density at radius 3 is 2.46 bits per heavy atom. The summed E-state index contributed by atoms with van der Waals surface area (Å²) >= 11 is 2.18. The summed E-state index contributed by atoms with van der Waals surface area (Å²) in [5, 5.41) is 2.74. The molecule has 0 aromatic heterocycles. The fourth-order valence-corrected chi connectivity index (χ4v) is 2.36. The molecule has 0 saturated carbocycles. The molecule has 2 rings (SSSR count). The minimum absolute atomic E-state index is 0.237. The number of carbonyl (C=O) groups is 2. The van der Waals surface area contributed by atoms with Gasteiger partial charge >= 0.3 is 5.97 Å². The van der Waals surface area contributed by atoms with Crippen LogP contribution in [0.4, 0.5) is 5.69 Å². The number of aryl methyl sites for hydroxylation is 1. The smallest absolute Gasteiger partial charge is 0.344 e. The minimum Gasteiger partial charge on any atom is -0.482 e. The van der Waals surface area contributed by atoms with Crippen molar-refractivity contribution in [1.82, 2.24) is 0 Å². The normalized spacial score (nSPS) is 10.1. The molecular weight excluding hydrogens is 421 g/mol. The number of rotatable bonds is 7. The third kappa shape index (κ3) is 5.84. The van der Waals surface area contributed by atoms with Gasteiger partial charge in [0, 0.05) is 9.26 Å². The Labute approximate surface area is 154 Å². The van der Waals surface area contributed by atoms with Crippen LogP contribution < -0.4 is 10.1 Å². The van der Waals surface area contributed by atoms with E-state index in [1.54, 1.807) is 12.1 Å². The van der Waals surface area contributed by atoms with E-state index in [0.717, 1.165) is 21.2 Å². The predicted molar refractivity (Wildman–Crippen MR) is 100 cm³/mol. The van der Waals surface area contributed by atoms with Crippen LogP contribution in [0.2, 0.25) is 0 Å². The van der Waals surface area contributed by atoms with Gasteiger partial charge < -0.3 is 14.8 Å². The number of hydrogen-bond acceptors (Lipinski definition) is 4. The van der Waals surface area contributed by atoms with Crippen LogP contribution in [-0.4, -0.2) is 25.1 Å². The summed E-state index contributed by atoms with van der Waals surface area (Å²) in [5.41, 5.74) is 1.76. The second-order valence-corrected chi connectivity index (χ2v) is 6.21. The van der Waals surface area contributed by atoms with Crippen molar-refractivity contribution in [3.8, 4) is 5.75 Å². The van der Waals surface area contributed by atoms with E-state index in [1.807, 2.05) is 43.3 Å². The van der Waals surface area contributed by atoms with Gasteiger partial charge in [0.1, 0.15) is 5.75 Å². The van der Waals surface area contributed by atoms with Crippen LogP contribution in [0.25, 0.3) is 0 Å². The molecule has 1 N–H and O–H groups in total. The first-order chi connectivity index (χ1) is 11.6. The number of anilines is 1. The lowest BCUT2D eigenvalue weighted by atomic mass is 10.1. The largest absolute Gasteiger partial charge is 0.482 e. The summed E-state index contributed by atoms with van der Waals surface area (Å²) in [5.74, 6) is -0.389. The quantitative estimate of drug-likeness (QED) is 0.531. The molecule has 0 aliphatic rings. The molecule has 0 fully saturated rings. The van der Waals surface area contributed by atoms with Crippen molar-refractivity contribution in [2.24, 2.45) is 0 Å². The molecule has 0 bridgehead atoms. The molecule has 24 heavy (non-hydrogen) atoms. The van der Waals surface area contributed by atoms with E-state index >= 15 is 0 Å². The summed E-state index contributed by atoms with van der Waals surface area (Å²) in [4.78, 5) is 23.5. The summed E-state index contributed by atoms with van der Waals surface area (Å²) < 4.78 is 11.3. The fourth-order valence-electron chi connectivity index (χ4n) is 2.00. The van der Waals surface area contributed by atoms with Crippen molar-refractivity contribution in [3.63, 3.8) is 0 Å². The monoisotopic (exact) mass is 439 g/mol. The van der Waals surface area contributed by atoms with Gasteiger partial charge in [-0.15, -0.1) is 0 Å². The lowest BCUT2D eigenvalue weighted by molar-refractivity contribution is -0.149. The molecule has 6 heteroatoms. The third-order valence-electron chi connectivity index (χ3n) is 3.21. The topological polar surface area (TPSA) is 64.6 Å². The van der Waals surface area contributed by atoms with Crippen LogP contribution in [0.3, 0.4) is 0 Å². The highest BCUT2D eigenvalue weighted by Crippen LogP contribution is 2.15. The summed E-state index contributed by atoms with van der Waals surface area (Å²) in [6.45, 7) is 1.43. The Bertz CT molecular complexity index is 700. The molecule has 0 radical (unpaired) electrons. The van der Waals surface area contributed by atoms with Crippen molar-refractivity contribution in [2.45, 2.75) is 13.3 Å². The van der Waals surface area contributed by atoms with Crippen LogP contribution in [-0.2, 0) is 20.7 Å². The standard InChI is InChI=1S/C18H18INO4/c1-2-13-5-3-4-6-16(13)20-17(21)11-24-18(22)12-23-15-9-7-14(19)8-10-15/h3-10H,2,11-12H2,1H3,(H,20,21). The number of carbonyl (C=O) groups excluding carboxylic acids is 2. The summed E-state index contributed by atoms with van der Waals surface area (Å²) in [6.07, 6.45) is 0.806. The first-order valence-corrected chi connectivity index (χ1v) is 8.58. The minimum atomic E-state index is -0.590. The van der Waals surface area contributed by atoms with Crippen molar-refractivity contribution in [2.75, 3.05) is 18.5 Å². The number of amides is 1. The molecule has 0 unspecified atom stereocenters. The Morgan fingerprint density at radius 1 is 1.04 bits per heavy atom. The molecule has 0 saturated heterocycles. The summed E-state index contributed by atoms with van der Waals surface area (Å²) in [7, 11) is 0.